The summed E-state index contributed by atoms with van der Waals surface area (Å²) in [4.78, 5) is 39.6. The molecule has 0 spiro atoms. The van der Waals surface area contributed by atoms with Crippen LogP contribution in [0.15, 0.2) is 48.7 Å². The molecule has 0 aliphatic carbocycles. The monoisotopic (exact) mass is 356 g/mol. The van der Waals surface area contributed by atoms with Crippen molar-refractivity contribution in [3.8, 4) is 0 Å². The second kappa shape index (κ2) is 9.77. The van der Waals surface area contributed by atoms with Crippen LogP contribution < -0.4 is 10.6 Å². The lowest BCUT2D eigenvalue weighted by Gasteiger charge is -2.16. The summed E-state index contributed by atoms with van der Waals surface area (Å²) in [5.74, 6) is -0.371. The van der Waals surface area contributed by atoms with E-state index in [1.807, 2.05) is 30.3 Å². The number of likely N-dealkylation sites (N-methyl/N-ethyl adjacent to an activating group) is 1. The van der Waals surface area contributed by atoms with E-state index in [1.165, 1.54) is 18.1 Å². The van der Waals surface area contributed by atoms with Crippen LogP contribution in [0.2, 0.25) is 0 Å². The van der Waals surface area contributed by atoms with E-state index in [0.29, 0.717) is 17.8 Å². The van der Waals surface area contributed by atoms with Gasteiger partial charge in [0.1, 0.15) is 13.2 Å². The zero-order valence-electron chi connectivity index (χ0n) is 14.3. The predicted octanol–water partition coefficient (Wildman–Crippen LogP) is 1.53. The SMILES string of the molecule is CN(CC(=O)Nc1ccnc(CNC=O)c1)C(=O)OCc1ccccc1. The Kier molecular flexibility index (Phi) is 7.11. The molecule has 136 valence electrons. The number of nitrogens with one attached hydrogen (secondary N) is 2. The Hall–Kier alpha value is -3.42. The average molecular weight is 356 g/mol. The summed E-state index contributed by atoms with van der Waals surface area (Å²) < 4.78 is 5.16. The lowest BCUT2D eigenvalue weighted by atomic mass is 10.2. The smallest absolute Gasteiger partial charge is 0.410 e. The van der Waals surface area contributed by atoms with Gasteiger partial charge in [0.05, 0.1) is 12.2 Å². The van der Waals surface area contributed by atoms with Crippen LogP contribution in [0.4, 0.5) is 10.5 Å². The molecule has 0 aliphatic rings. The van der Waals surface area contributed by atoms with Crippen molar-refractivity contribution in [3.63, 3.8) is 0 Å². The van der Waals surface area contributed by atoms with Crippen molar-refractivity contribution in [2.75, 3.05) is 18.9 Å². The Balaban J connectivity index is 1.80. The molecule has 3 amide bonds. The zero-order chi connectivity index (χ0) is 18.8. The fraction of sp³-hybridized carbons (Fsp3) is 0.222. The predicted molar refractivity (Wildman–Crippen MR) is 95.0 cm³/mol. The first-order valence-corrected chi connectivity index (χ1v) is 7.92. The highest BCUT2D eigenvalue weighted by atomic mass is 16.6. The van der Waals surface area contributed by atoms with E-state index >= 15 is 0 Å². The fourth-order valence-electron chi connectivity index (χ4n) is 2.11. The molecule has 1 heterocycles. The Morgan fingerprint density at radius 1 is 1.23 bits per heavy atom. The molecule has 1 aromatic carbocycles. The van der Waals surface area contributed by atoms with E-state index in [4.69, 9.17) is 4.74 Å². The van der Waals surface area contributed by atoms with Gasteiger partial charge < -0.3 is 20.3 Å². The minimum absolute atomic E-state index is 0.142. The molecule has 1 aromatic heterocycles. The minimum Gasteiger partial charge on any atom is -0.445 e. The van der Waals surface area contributed by atoms with Crippen LogP contribution in [-0.2, 0) is 27.5 Å². The standard InChI is InChI=1S/C18H20N4O4/c1-22(18(25)26-12-14-5-3-2-4-6-14)11-17(24)21-15-7-8-20-16(9-15)10-19-13-23/h2-9,13H,10-12H2,1H3,(H,19,23)(H,20,21,24). The summed E-state index contributed by atoms with van der Waals surface area (Å²) in [6.45, 7) is 0.250. The van der Waals surface area contributed by atoms with Crippen LogP contribution in [0.3, 0.4) is 0 Å². The second-order valence-electron chi connectivity index (χ2n) is 5.48. The molecule has 8 nitrogen and oxygen atoms in total. The number of pyridine rings is 1. The van der Waals surface area contributed by atoms with Crippen molar-refractivity contribution in [2.45, 2.75) is 13.2 Å². The summed E-state index contributed by atoms with van der Waals surface area (Å²) in [6, 6.07) is 12.5. The first-order valence-electron chi connectivity index (χ1n) is 7.92. The maximum absolute atomic E-state index is 12.1. The largest absolute Gasteiger partial charge is 0.445 e. The van der Waals surface area contributed by atoms with Crippen LogP contribution in [0.1, 0.15) is 11.3 Å². The molecule has 0 saturated carbocycles. The molecule has 0 bridgehead atoms. The number of hydrogen-bond acceptors (Lipinski definition) is 5. The number of rotatable bonds is 8. The van der Waals surface area contributed by atoms with Gasteiger partial charge in [0.2, 0.25) is 12.3 Å². The number of ether oxygens (including phenoxy) is 1. The van der Waals surface area contributed by atoms with Crippen molar-refractivity contribution >= 4 is 24.1 Å². The van der Waals surface area contributed by atoms with E-state index in [9.17, 15) is 14.4 Å². The highest BCUT2D eigenvalue weighted by molar-refractivity contribution is 5.93. The van der Waals surface area contributed by atoms with Crippen molar-refractivity contribution in [3.05, 3.63) is 59.9 Å². The lowest BCUT2D eigenvalue weighted by molar-refractivity contribution is -0.116. The molecule has 2 N–H and O–H groups in total. The average Bonchev–Trinajstić information content (AvgIpc) is 2.65. The topological polar surface area (TPSA) is 101 Å². The maximum Gasteiger partial charge on any atom is 0.410 e. The van der Waals surface area contributed by atoms with Crippen molar-refractivity contribution < 1.29 is 19.1 Å². The summed E-state index contributed by atoms with van der Waals surface area (Å²) in [6.07, 6.45) is 1.51. The Morgan fingerprint density at radius 2 is 2.00 bits per heavy atom. The summed E-state index contributed by atoms with van der Waals surface area (Å²) >= 11 is 0. The summed E-state index contributed by atoms with van der Waals surface area (Å²) in [5.41, 5.74) is 2.00. The number of carbonyl (C=O) groups is 3. The number of benzene rings is 1. The molecule has 2 rings (SSSR count). The third-order valence-electron chi connectivity index (χ3n) is 3.36. The third-order valence-corrected chi connectivity index (χ3v) is 3.36. The molecule has 0 radical (unpaired) electrons. The first-order chi connectivity index (χ1) is 12.6. The Labute approximate surface area is 151 Å². The van der Waals surface area contributed by atoms with Gasteiger partial charge in [-0.05, 0) is 17.7 Å². The quantitative estimate of drug-likeness (QED) is 0.699. The van der Waals surface area contributed by atoms with Gasteiger partial charge >= 0.3 is 6.09 Å². The van der Waals surface area contributed by atoms with Gasteiger partial charge in [0.25, 0.3) is 0 Å². The van der Waals surface area contributed by atoms with Crippen molar-refractivity contribution in [1.82, 2.24) is 15.2 Å². The number of hydrogen-bond donors (Lipinski definition) is 2. The fourth-order valence-corrected chi connectivity index (χ4v) is 2.11. The molecule has 26 heavy (non-hydrogen) atoms. The van der Waals surface area contributed by atoms with E-state index in [1.54, 1.807) is 12.1 Å². The maximum atomic E-state index is 12.1. The highest BCUT2D eigenvalue weighted by Gasteiger charge is 2.14. The van der Waals surface area contributed by atoms with Crippen LogP contribution in [0.5, 0.6) is 0 Å². The van der Waals surface area contributed by atoms with E-state index < -0.39 is 6.09 Å². The lowest BCUT2D eigenvalue weighted by Crippen LogP contribution is -2.35. The highest BCUT2D eigenvalue weighted by Crippen LogP contribution is 2.08. The van der Waals surface area contributed by atoms with Gasteiger partial charge in [0.15, 0.2) is 0 Å². The van der Waals surface area contributed by atoms with E-state index in [0.717, 1.165) is 5.56 Å². The summed E-state index contributed by atoms with van der Waals surface area (Å²) in [7, 11) is 1.49. The minimum atomic E-state index is -0.588. The summed E-state index contributed by atoms with van der Waals surface area (Å²) in [5, 5.41) is 5.17. The zero-order valence-corrected chi connectivity index (χ0v) is 14.3. The molecule has 8 heteroatoms. The second-order valence-corrected chi connectivity index (χ2v) is 5.48. The number of anilines is 1. The number of aromatic nitrogens is 1. The molecule has 0 fully saturated rings. The van der Waals surface area contributed by atoms with E-state index in [2.05, 4.69) is 15.6 Å². The van der Waals surface area contributed by atoms with Crippen LogP contribution in [-0.4, -0.2) is 41.9 Å². The van der Waals surface area contributed by atoms with Crippen LogP contribution in [0, 0.1) is 0 Å². The first kappa shape index (κ1) is 18.9. The number of amides is 3. The van der Waals surface area contributed by atoms with Crippen molar-refractivity contribution in [2.24, 2.45) is 0 Å². The Bertz CT molecular complexity index is 752. The van der Waals surface area contributed by atoms with Gasteiger partial charge in [0, 0.05) is 18.9 Å². The molecule has 2 aromatic rings. The molecule has 0 aliphatic heterocycles. The van der Waals surface area contributed by atoms with Gasteiger partial charge in [-0.1, -0.05) is 30.3 Å². The third kappa shape index (κ3) is 6.23. The van der Waals surface area contributed by atoms with Gasteiger partial charge in [-0.25, -0.2) is 4.79 Å². The molecular formula is C18H20N4O4. The van der Waals surface area contributed by atoms with E-state index in [-0.39, 0.29) is 25.6 Å². The molecule has 0 unspecified atom stereocenters. The normalized spacial score (nSPS) is 9.88. The number of carbonyl (C=O) groups excluding carboxylic acids is 3. The molecule has 0 saturated heterocycles. The Morgan fingerprint density at radius 3 is 2.73 bits per heavy atom. The number of nitrogens with zero attached hydrogens (tertiary/aromatic N) is 2. The van der Waals surface area contributed by atoms with Gasteiger partial charge in [-0.15, -0.1) is 0 Å². The van der Waals surface area contributed by atoms with Crippen molar-refractivity contribution in [1.29, 1.82) is 0 Å². The molecule has 0 atom stereocenters. The van der Waals surface area contributed by atoms with Gasteiger partial charge in [-0.3, -0.25) is 14.6 Å². The van der Waals surface area contributed by atoms with Crippen LogP contribution >= 0.6 is 0 Å². The van der Waals surface area contributed by atoms with Gasteiger partial charge in [-0.2, -0.15) is 0 Å². The molecular weight excluding hydrogens is 336 g/mol. The van der Waals surface area contributed by atoms with Crippen LogP contribution in [0.25, 0.3) is 0 Å².